The molecule has 0 aliphatic carbocycles. The van der Waals surface area contributed by atoms with E-state index in [2.05, 4.69) is 12.2 Å². The summed E-state index contributed by atoms with van der Waals surface area (Å²) in [5.41, 5.74) is 0. The number of carboxylic acids is 2. The molecule has 0 heterocycles. The molecular formula is C9H19NO5. The predicted octanol–water partition coefficient (Wildman–Crippen LogP) is -0.0875. The molecule has 0 rings (SSSR count). The van der Waals surface area contributed by atoms with Crippen molar-refractivity contribution in [3.63, 3.8) is 0 Å². The van der Waals surface area contributed by atoms with Crippen molar-refractivity contribution in [2.75, 3.05) is 13.6 Å². The van der Waals surface area contributed by atoms with Gasteiger partial charge in [-0.3, -0.25) is 4.79 Å². The lowest BCUT2D eigenvalue weighted by Crippen LogP contribution is -2.22. The van der Waals surface area contributed by atoms with Crippen LogP contribution in [0.3, 0.4) is 0 Å². The number of aliphatic hydroxyl groups is 1. The van der Waals surface area contributed by atoms with E-state index in [1.165, 1.54) is 12.8 Å². The molecule has 90 valence electrons. The number of rotatable bonds is 6. The van der Waals surface area contributed by atoms with E-state index in [1.54, 1.807) is 0 Å². The summed E-state index contributed by atoms with van der Waals surface area (Å²) in [6.45, 7) is 3.36. The minimum atomic E-state index is -1.79. The van der Waals surface area contributed by atoms with Crippen LogP contribution in [0, 0.1) is 0 Å². The zero-order valence-corrected chi connectivity index (χ0v) is 9.06. The van der Waals surface area contributed by atoms with Crippen LogP contribution in [-0.2, 0) is 9.59 Å². The molecule has 0 bridgehead atoms. The molecule has 6 heteroatoms. The maximum atomic E-state index is 9.72. The van der Waals surface area contributed by atoms with E-state index in [0.29, 0.717) is 0 Å². The van der Waals surface area contributed by atoms with Crippen LogP contribution in [0.5, 0.6) is 0 Å². The van der Waals surface area contributed by atoms with Crippen molar-refractivity contribution >= 4 is 11.9 Å². The molecule has 0 aliphatic heterocycles. The lowest BCUT2D eigenvalue weighted by atomic mass is 10.3. The maximum Gasteiger partial charge on any atom is 0.333 e. The number of aliphatic hydroxyl groups excluding tert-OH is 1. The second kappa shape index (κ2) is 10.9. The number of carboxylic acid groups (broad SMARTS) is 2. The first kappa shape index (κ1) is 16.3. The van der Waals surface area contributed by atoms with E-state index >= 15 is 0 Å². The highest BCUT2D eigenvalue weighted by Crippen LogP contribution is 1.89. The molecule has 0 saturated carbocycles. The molecule has 0 spiro atoms. The zero-order valence-electron chi connectivity index (χ0n) is 9.06. The van der Waals surface area contributed by atoms with Crippen molar-refractivity contribution in [3.8, 4) is 0 Å². The predicted molar refractivity (Wildman–Crippen MR) is 54.7 cm³/mol. The van der Waals surface area contributed by atoms with E-state index in [4.69, 9.17) is 15.3 Å². The highest BCUT2D eigenvalue weighted by atomic mass is 16.4. The zero-order chi connectivity index (χ0) is 12.3. The van der Waals surface area contributed by atoms with Crippen molar-refractivity contribution in [2.45, 2.75) is 32.3 Å². The van der Waals surface area contributed by atoms with Crippen LogP contribution in [0.25, 0.3) is 0 Å². The Kier molecular flexibility index (Phi) is 11.9. The van der Waals surface area contributed by atoms with Crippen molar-refractivity contribution in [1.29, 1.82) is 0 Å². The average Bonchev–Trinajstić information content (AvgIpc) is 2.14. The molecule has 0 aliphatic rings. The van der Waals surface area contributed by atoms with Gasteiger partial charge in [0.15, 0.2) is 6.10 Å². The summed E-state index contributed by atoms with van der Waals surface area (Å²) in [5, 5.41) is 27.2. The number of hydrogen-bond acceptors (Lipinski definition) is 4. The van der Waals surface area contributed by atoms with Gasteiger partial charge in [-0.15, -0.1) is 0 Å². The van der Waals surface area contributed by atoms with Crippen LogP contribution in [0.4, 0.5) is 0 Å². The second-order valence-electron chi connectivity index (χ2n) is 2.91. The largest absolute Gasteiger partial charge is 0.481 e. The fourth-order valence-electron chi connectivity index (χ4n) is 0.606. The molecule has 4 N–H and O–H groups in total. The lowest BCUT2D eigenvalue weighted by Gasteiger charge is -1.97. The van der Waals surface area contributed by atoms with Gasteiger partial charge in [0.05, 0.1) is 6.42 Å². The van der Waals surface area contributed by atoms with Gasteiger partial charge < -0.3 is 20.6 Å². The van der Waals surface area contributed by atoms with Crippen molar-refractivity contribution in [1.82, 2.24) is 5.32 Å². The third-order valence-corrected chi connectivity index (χ3v) is 1.43. The fourth-order valence-corrected chi connectivity index (χ4v) is 0.606. The Bertz CT molecular complexity index is 179. The summed E-state index contributed by atoms with van der Waals surface area (Å²) in [6.07, 6.45) is 0.0506. The third-order valence-electron chi connectivity index (χ3n) is 1.43. The van der Waals surface area contributed by atoms with Crippen LogP contribution in [-0.4, -0.2) is 47.0 Å². The molecule has 0 aromatic heterocycles. The Labute approximate surface area is 88.9 Å². The first-order valence-electron chi connectivity index (χ1n) is 4.72. The summed E-state index contributed by atoms with van der Waals surface area (Å²) in [7, 11) is 1.98. The first-order chi connectivity index (χ1) is 6.95. The van der Waals surface area contributed by atoms with Gasteiger partial charge in [-0.1, -0.05) is 13.3 Å². The van der Waals surface area contributed by atoms with E-state index in [-0.39, 0.29) is 0 Å². The highest BCUT2D eigenvalue weighted by molar-refractivity contribution is 5.79. The van der Waals surface area contributed by atoms with E-state index < -0.39 is 24.5 Å². The molecule has 0 fully saturated rings. The van der Waals surface area contributed by atoms with Crippen LogP contribution in [0.15, 0.2) is 0 Å². The normalized spacial score (nSPS) is 11.1. The molecule has 1 unspecified atom stereocenters. The van der Waals surface area contributed by atoms with Crippen LogP contribution < -0.4 is 5.32 Å². The van der Waals surface area contributed by atoms with Crippen molar-refractivity contribution < 1.29 is 24.9 Å². The average molecular weight is 221 g/mol. The Morgan fingerprint density at radius 2 is 1.87 bits per heavy atom. The molecule has 0 aromatic carbocycles. The molecule has 1 atom stereocenters. The van der Waals surface area contributed by atoms with Gasteiger partial charge >= 0.3 is 11.9 Å². The summed E-state index contributed by atoms with van der Waals surface area (Å²) >= 11 is 0. The van der Waals surface area contributed by atoms with Crippen molar-refractivity contribution in [3.05, 3.63) is 0 Å². The van der Waals surface area contributed by atoms with Gasteiger partial charge in [-0.2, -0.15) is 0 Å². The quantitative estimate of drug-likeness (QED) is 0.467. The van der Waals surface area contributed by atoms with Crippen LogP contribution in [0.2, 0.25) is 0 Å². The Balaban J connectivity index is 0. The standard InChI is InChI=1S/C5H13N.C4H6O5/c1-3-4-5-6-2;5-2(4(8)9)1-3(6)7/h6H,3-5H2,1-2H3;2,5H,1H2,(H,6,7)(H,8,9). The number of carbonyl (C=O) groups is 2. The van der Waals surface area contributed by atoms with Gasteiger partial charge in [0.25, 0.3) is 0 Å². The summed E-state index contributed by atoms with van der Waals surface area (Å²) in [4.78, 5) is 19.4. The minimum absolute atomic E-state index is 0.755. The van der Waals surface area contributed by atoms with Gasteiger partial charge in [0.1, 0.15) is 0 Å². The molecule has 0 aromatic rings. The van der Waals surface area contributed by atoms with Gasteiger partial charge in [-0.25, -0.2) is 4.79 Å². The monoisotopic (exact) mass is 221 g/mol. The Morgan fingerprint density at radius 3 is 2.00 bits per heavy atom. The first-order valence-corrected chi connectivity index (χ1v) is 4.72. The maximum absolute atomic E-state index is 9.72. The summed E-state index contributed by atoms with van der Waals surface area (Å²) < 4.78 is 0. The number of nitrogens with one attached hydrogen (secondary N) is 1. The fraction of sp³-hybridized carbons (Fsp3) is 0.778. The Morgan fingerprint density at radius 1 is 1.33 bits per heavy atom. The molecule has 15 heavy (non-hydrogen) atoms. The highest BCUT2D eigenvalue weighted by Gasteiger charge is 2.16. The van der Waals surface area contributed by atoms with Gasteiger partial charge in [0.2, 0.25) is 0 Å². The molecule has 0 amide bonds. The topological polar surface area (TPSA) is 107 Å². The molecule has 0 radical (unpaired) electrons. The lowest BCUT2D eigenvalue weighted by molar-refractivity contribution is -0.152. The molecular weight excluding hydrogens is 202 g/mol. The van der Waals surface area contributed by atoms with E-state index in [9.17, 15) is 9.59 Å². The minimum Gasteiger partial charge on any atom is -0.481 e. The Hall–Kier alpha value is -1.14. The SMILES string of the molecule is CCCCNC.O=C(O)CC(O)C(=O)O. The van der Waals surface area contributed by atoms with E-state index in [0.717, 1.165) is 6.54 Å². The van der Waals surface area contributed by atoms with Crippen molar-refractivity contribution in [2.24, 2.45) is 0 Å². The molecule has 0 saturated heterocycles. The summed E-state index contributed by atoms with van der Waals surface area (Å²) in [6, 6.07) is 0. The summed E-state index contributed by atoms with van der Waals surface area (Å²) in [5.74, 6) is -2.85. The van der Waals surface area contributed by atoms with E-state index in [1.807, 2.05) is 7.05 Å². The second-order valence-corrected chi connectivity index (χ2v) is 2.91. The third kappa shape index (κ3) is 15.6. The van der Waals surface area contributed by atoms with Gasteiger partial charge in [0, 0.05) is 0 Å². The number of unbranched alkanes of at least 4 members (excludes halogenated alkanes) is 1. The van der Waals surface area contributed by atoms with Gasteiger partial charge in [-0.05, 0) is 20.0 Å². The van der Waals surface area contributed by atoms with Crippen LogP contribution >= 0.6 is 0 Å². The molecule has 6 nitrogen and oxygen atoms in total. The number of aliphatic carboxylic acids is 2. The van der Waals surface area contributed by atoms with Crippen LogP contribution in [0.1, 0.15) is 26.2 Å². The number of hydrogen-bond donors (Lipinski definition) is 4. The smallest absolute Gasteiger partial charge is 0.333 e.